The first-order chi connectivity index (χ1) is 34.9. The van der Waals surface area contributed by atoms with Crippen LogP contribution < -0.4 is 35.8 Å². The summed E-state index contributed by atoms with van der Waals surface area (Å²) in [6.07, 6.45) is 8.67. The lowest BCUT2D eigenvalue weighted by molar-refractivity contribution is -0.138. The minimum Gasteiger partial charge on any atom is -0.494 e. The van der Waals surface area contributed by atoms with Crippen LogP contribution in [0.5, 0.6) is 5.75 Å². The Hall–Kier alpha value is -6.10. The first kappa shape index (κ1) is 48.2. The Bertz CT molecular complexity index is 3150. The Morgan fingerprint density at radius 1 is 0.889 bits per heavy atom. The molecular weight excluding hydrogens is 996 g/mol. The van der Waals surface area contributed by atoms with Crippen LogP contribution >= 0.6 is 23.1 Å². The molecule has 72 heavy (non-hydrogen) atoms. The standard InChI is InChI=1S/C53H62BrN12O5P/c1-5-34-11-12-36-40(56-34)14-15-41(49(36)72(70)25-6-7-26-72)57-50-39(54)29-55-53(60-50)58-42-27-32(2)44(28-45(42)71-4)64-19-17-35(18-20-64)63-21-23-65(24-22-63)52(69)33-30-66(31-33)43-10-8-9-37-47(61-62(3)48(37)43)38-13-16-46(67)59-51(38)68/h8-12,14-15,27-29,33,35,38H,5-7,13,16-26,30-31H2,1-4H3,(H,59,67,68)(H2,55,57,58,60). The number of nitrogens with zero attached hydrogens (tertiary/aromatic N) is 9. The molecule has 1 atom stereocenters. The number of imide groups is 1. The van der Waals surface area contributed by atoms with Crippen molar-refractivity contribution in [1.82, 2.24) is 39.8 Å². The third kappa shape index (κ3) is 9.08. The number of piperidine rings is 2. The van der Waals surface area contributed by atoms with E-state index in [1.54, 1.807) is 13.3 Å². The van der Waals surface area contributed by atoms with Gasteiger partial charge in [-0.1, -0.05) is 25.1 Å². The second kappa shape index (κ2) is 19.7. The van der Waals surface area contributed by atoms with Gasteiger partial charge in [-0.15, -0.1) is 0 Å². The number of aryl methyl sites for hydroxylation is 3. The van der Waals surface area contributed by atoms with Crippen molar-refractivity contribution in [2.75, 3.05) is 92.2 Å². The fraction of sp³-hybridized carbons (Fsp3) is 0.453. The van der Waals surface area contributed by atoms with E-state index in [2.05, 4.69) is 94.6 Å². The van der Waals surface area contributed by atoms with Crippen molar-refractivity contribution in [3.8, 4) is 5.75 Å². The molecule has 3 amide bonds. The minimum atomic E-state index is -2.65. The summed E-state index contributed by atoms with van der Waals surface area (Å²) in [6.45, 7) is 10.5. The lowest BCUT2D eigenvalue weighted by Gasteiger charge is -2.46. The van der Waals surface area contributed by atoms with Crippen LogP contribution in [0.1, 0.15) is 68.3 Å². The second-order valence-corrected chi connectivity index (χ2v) is 24.0. The Balaban J connectivity index is 0.694. The van der Waals surface area contributed by atoms with Gasteiger partial charge in [0.25, 0.3) is 0 Å². The van der Waals surface area contributed by atoms with Crippen molar-refractivity contribution in [1.29, 1.82) is 0 Å². The van der Waals surface area contributed by atoms with Gasteiger partial charge in [0.2, 0.25) is 23.7 Å². The van der Waals surface area contributed by atoms with E-state index < -0.39 is 13.1 Å². The van der Waals surface area contributed by atoms with E-state index >= 15 is 0 Å². The monoisotopic (exact) mass is 1060 g/mol. The molecule has 3 aromatic heterocycles. The third-order valence-electron chi connectivity index (χ3n) is 15.7. The highest BCUT2D eigenvalue weighted by molar-refractivity contribution is 9.10. The third-order valence-corrected chi connectivity index (χ3v) is 19.6. The fourth-order valence-corrected chi connectivity index (χ4v) is 15.4. The van der Waals surface area contributed by atoms with E-state index in [1.807, 2.05) is 42.1 Å². The van der Waals surface area contributed by atoms with Crippen LogP contribution in [-0.4, -0.2) is 130 Å². The van der Waals surface area contributed by atoms with Crippen molar-refractivity contribution in [2.45, 2.75) is 70.8 Å². The first-order valence-electron chi connectivity index (χ1n) is 25.5. The number of carbonyl (C=O) groups excluding carboxylic acids is 3. The van der Waals surface area contributed by atoms with Crippen LogP contribution in [0.4, 0.5) is 34.5 Å². The summed E-state index contributed by atoms with van der Waals surface area (Å²) in [5.74, 6) is 0.823. The Morgan fingerprint density at radius 3 is 2.40 bits per heavy atom. The van der Waals surface area contributed by atoms with E-state index in [-0.39, 0.29) is 23.6 Å². The molecule has 0 aliphatic carbocycles. The molecule has 17 nitrogen and oxygen atoms in total. The zero-order valence-corrected chi connectivity index (χ0v) is 43.9. The molecule has 19 heteroatoms. The number of methoxy groups -OCH3 is 1. The zero-order valence-electron chi connectivity index (χ0n) is 41.4. The Morgan fingerprint density at radius 2 is 1.67 bits per heavy atom. The van der Waals surface area contributed by atoms with Gasteiger partial charge in [0, 0.05) is 124 Å². The highest BCUT2D eigenvalue weighted by Crippen LogP contribution is 2.54. The molecule has 8 heterocycles. The van der Waals surface area contributed by atoms with Gasteiger partial charge in [-0.3, -0.25) is 34.3 Å². The minimum absolute atomic E-state index is 0.0609. The summed E-state index contributed by atoms with van der Waals surface area (Å²) in [5, 5.41) is 16.9. The highest BCUT2D eigenvalue weighted by atomic mass is 79.9. The summed E-state index contributed by atoms with van der Waals surface area (Å²) >= 11 is 3.67. The van der Waals surface area contributed by atoms with Gasteiger partial charge in [-0.2, -0.15) is 10.1 Å². The van der Waals surface area contributed by atoms with Gasteiger partial charge in [-0.05, 0) is 97.3 Å². The summed E-state index contributed by atoms with van der Waals surface area (Å²) < 4.78 is 23.0. The van der Waals surface area contributed by atoms with Gasteiger partial charge >= 0.3 is 0 Å². The van der Waals surface area contributed by atoms with E-state index in [4.69, 9.17) is 19.8 Å². The number of fused-ring (bicyclic) bond motifs is 2. The van der Waals surface area contributed by atoms with Crippen LogP contribution in [0.3, 0.4) is 0 Å². The van der Waals surface area contributed by atoms with E-state index in [0.29, 0.717) is 72.0 Å². The number of nitrogens with one attached hydrogen (secondary N) is 3. The summed E-state index contributed by atoms with van der Waals surface area (Å²) in [6, 6.07) is 18.8. The van der Waals surface area contributed by atoms with Crippen LogP contribution in [0, 0.1) is 12.8 Å². The van der Waals surface area contributed by atoms with Crippen LogP contribution in [-0.2, 0) is 32.4 Å². The fourth-order valence-electron chi connectivity index (χ4n) is 11.8. The molecule has 5 aliphatic heterocycles. The molecule has 0 spiro atoms. The van der Waals surface area contributed by atoms with Crippen molar-refractivity contribution < 1.29 is 23.7 Å². The maximum absolute atomic E-state index is 14.5. The van der Waals surface area contributed by atoms with E-state index in [9.17, 15) is 18.9 Å². The molecule has 3 N–H and O–H groups in total. The number of ether oxygens (including phenoxy) is 1. The number of hydrogen-bond donors (Lipinski definition) is 3. The molecular formula is C53H62BrN12O5P. The molecule has 0 radical (unpaired) electrons. The Kier molecular flexibility index (Phi) is 13.2. The molecule has 5 saturated heterocycles. The zero-order chi connectivity index (χ0) is 49.8. The number of anilines is 6. The molecule has 6 aromatic rings. The molecule has 376 valence electrons. The maximum atomic E-state index is 14.5. The highest BCUT2D eigenvalue weighted by Gasteiger charge is 2.40. The number of amides is 3. The first-order valence-corrected chi connectivity index (χ1v) is 28.3. The number of para-hydroxylation sites is 1. The number of aromatic nitrogens is 5. The molecule has 5 aliphatic rings. The van der Waals surface area contributed by atoms with E-state index in [1.165, 1.54) is 0 Å². The van der Waals surface area contributed by atoms with Gasteiger partial charge in [-0.25, -0.2) is 4.98 Å². The predicted molar refractivity (Wildman–Crippen MR) is 286 cm³/mol. The number of halogens is 1. The summed E-state index contributed by atoms with van der Waals surface area (Å²) in [7, 11) is 0.926. The number of hydrogen-bond acceptors (Lipinski definition) is 14. The normalized spacial score (nSPS) is 20.0. The van der Waals surface area contributed by atoms with Gasteiger partial charge < -0.3 is 34.6 Å². The quantitative estimate of drug-likeness (QED) is 0.0805. The topological polar surface area (TPSA) is 183 Å². The molecule has 1 unspecified atom stereocenters. The summed E-state index contributed by atoms with van der Waals surface area (Å²) in [4.78, 5) is 62.1. The van der Waals surface area contributed by atoms with Crippen LogP contribution in [0.2, 0.25) is 0 Å². The smallest absolute Gasteiger partial charge is 0.235 e. The molecule has 0 saturated carbocycles. The molecule has 0 bridgehead atoms. The Labute approximate surface area is 428 Å². The summed E-state index contributed by atoms with van der Waals surface area (Å²) in [5.41, 5.74) is 8.32. The van der Waals surface area contributed by atoms with Gasteiger partial charge in [0.15, 0.2) is 0 Å². The number of carbonyl (C=O) groups is 3. The lowest BCUT2D eigenvalue weighted by atomic mass is 9.92. The van der Waals surface area contributed by atoms with Gasteiger partial charge in [0.05, 0.1) is 57.2 Å². The average Bonchev–Trinajstić information content (AvgIpc) is 3.97. The average molecular weight is 1060 g/mol. The predicted octanol–water partition coefficient (Wildman–Crippen LogP) is 7.59. The number of rotatable bonds is 12. The van der Waals surface area contributed by atoms with Crippen molar-refractivity contribution in [3.05, 3.63) is 82.2 Å². The number of pyridine rings is 1. The lowest BCUT2D eigenvalue weighted by Crippen LogP contribution is -2.59. The molecule has 3 aromatic carbocycles. The largest absolute Gasteiger partial charge is 0.494 e. The second-order valence-electron chi connectivity index (χ2n) is 20.1. The number of piperazine rings is 1. The van der Waals surface area contributed by atoms with Crippen molar-refractivity contribution >= 4 is 102 Å². The van der Waals surface area contributed by atoms with E-state index in [0.717, 1.165) is 132 Å². The SMILES string of the molecule is CCc1ccc2c(P3(=O)CCCC3)c(Nc3nc(Nc4cc(C)c(N5CCC(N6CCN(C(=O)C7CN(c8cccc9c(C%10CCC(=O)NC%10=O)nn(C)c89)C7)CC6)CC5)cc4OC)ncc3Br)ccc2n1. The van der Waals surface area contributed by atoms with Gasteiger partial charge in [0.1, 0.15) is 18.7 Å². The van der Waals surface area contributed by atoms with Crippen molar-refractivity contribution in [3.63, 3.8) is 0 Å². The number of benzene rings is 3. The molecule has 11 rings (SSSR count). The van der Waals surface area contributed by atoms with Crippen LogP contribution in [0.15, 0.2) is 65.3 Å². The molecule has 5 fully saturated rings. The van der Waals surface area contributed by atoms with Crippen LogP contribution in [0.25, 0.3) is 21.8 Å². The van der Waals surface area contributed by atoms with Crippen molar-refractivity contribution in [2.24, 2.45) is 13.0 Å². The maximum Gasteiger partial charge on any atom is 0.235 e.